The van der Waals surface area contributed by atoms with Gasteiger partial charge in [0.15, 0.2) is 11.4 Å². The number of aromatic nitrogens is 1. The molecule has 1 aromatic heterocycles. The molecule has 23 heavy (non-hydrogen) atoms. The molecule has 0 spiro atoms. The van der Waals surface area contributed by atoms with Gasteiger partial charge in [-0.3, -0.25) is 4.79 Å². The summed E-state index contributed by atoms with van der Waals surface area (Å²) < 4.78 is 8.25. The first kappa shape index (κ1) is 15.8. The number of carbonyl (C=O) groups excluding carboxylic acids is 1. The molecule has 1 heterocycles. The van der Waals surface area contributed by atoms with Crippen LogP contribution >= 0.6 is 22.9 Å². The zero-order valence-electron chi connectivity index (χ0n) is 12.7. The topological polar surface area (TPSA) is 43.6 Å². The van der Waals surface area contributed by atoms with Gasteiger partial charge >= 0.3 is 0 Å². The van der Waals surface area contributed by atoms with Crippen molar-refractivity contribution in [2.45, 2.75) is 6.92 Å². The highest BCUT2D eigenvalue weighted by Gasteiger charge is 2.10. The number of carbonyl (C=O) groups is 1. The number of thiazole rings is 1. The summed E-state index contributed by atoms with van der Waals surface area (Å²) in [5.41, 5.74) is 2.09. The lowest BCUT2D eigenvalue weighted by Crippen LogP contribution is -2.17. The van der Waals surface area contributed by atoms with Crippen LogP contribution < -0.4 is 9.54 Å². The number of para-hydroxylation sites is 1. The molecule has 0 aliphatic rings. The number of rotatable bonds is 3. The average molecular weight is 347 g/mol. The molecule has 0 N–H and O–H groups in total. The van der Waals surface area contributed by atoms with Crippen molar-refractivity contribution in [2.24, 2.45) is 12.0 Å². The number of benzene rings is 2. The molecule has 1 amide bonds. The maximum absolute atomic E-state index is 12.1. The maximum atomic E-state index is 12.1. The smallest absolute Gasteiger partial charge is 0.286 e. The number of amides is 1. The Morgan fingerprint density at radius 3 is 2.70 bits per heavy atom. The molecule has 6 heteroatoms. The second kappa shape index (κ2) is 6.56. The van der Waals surface area contributed by atoms with Gasteiger partial charge < -0.3 is 9.30 Å². The molecule has 0 fully saturated rings. The largest absolute Gasteiger partial charge is 0.484 e. The third-order valence-corrected chi connectivity index (χ3v) is 5.02. The van der Waals surface area contributed by atoms with Crippen LogP contribution in [0.2, 0.25) is 5.02 Å². The van der Waals surface area contributed by atoms with E-state index in [0.29, 0.717) is 15.6 Å². The fourth-order valence-corrected chi connectivity index (χ4v) is 3.70. The van der Waals surface area contributed by atoms with Crippen molar-refractivity contribution in [3.8, 4) is 5.75 Å². The Morgan fingerprint density at radius 1 is 1.26 bits per heavy atom. The van der Waals surface area contributed by atoms with Crippen LogP contribution in [0.1, 0.15) is 5.56 Å². The molecule has 4 nitrogen and oxygen atoms in total. The van der Waals surface area contributed by atoms with Crippen LogP contribution in [0, 0.1) is 6.92 Å². The van der Waals surface area contributed by atoms with Gasteiger partial charge in [0, 0.05) is 7.05 Å². The van der Waals surface area contributed by atoms with Crippen molar-refractivity contribution in [1.29, 1.82) is 0 Å². The highest BCUT2D eigenvalue weighted by molar-refractivity contribution is 7.17. The van der Waals surface area contributed by atoms with Crippen LogP contribution in [0.5, 0.6) is 5.75 Å². The lowest BCUT2D eigenvalue weighted by atomic mass is 10.2. The highest BCUT2D eigenvalue weighted by Crippen LogP contribution is 2.28. The molecular weight excluding hydrogens is 332 g/mol. The molecule has 0 radical (unpaired) electrons. The van der Waals surface area contributed by atoms with E-state index in [0.717, 1.165) is 15.8 Å². The van der Waals surface area contributed by atoms with Gasteiger partial charge in [-0.2, -0.15) is 4.99 Å². The number of nitrogens with zero attached hydrogens (tertiary/aromatic N) is 2. The third kappa shape index (κ3) is 3.30. The molecule has 0 saturated carbocycles. The quantitative estimate of drug-likeness (QED) is 0.725. The van der Waals surface area contributed by atoms with Gasteiger partial charge in [0.2, 0.25) is 0 Å². The minimum Gasteiger partial charge on any atom is -0.484 e. The normalized spacial score (nSPS) is 11.9. The van der Waals surface area contributed by atoms with Crippen molar-refractivity contribution in [3.63, 3.8) is 0 Å². The van der Waals surface area contributed by atoms with Crippen molar-refractivity contribution >= 4 is 39.1 Å². The lowest BCUT2D eigenvalue weighted by Gasteiger charge is -2.02. The number of hydrogen-bond donors (Lipinski definition) is 0. The van der Waals surface area contributed by atoms with Crippen molar-refractivity contribution in [2.75, 3.05) is 6.61 Å². The Morgan fingerprint density at radius 2 is 2.00 bits per heavy atom. The van der Waals surface area contributed by atoms with Gasteiger partial charge in [-0.1, -0.05) is 47.2 Å². The monoisotopic (exact) mass is 346 g/mol. The zero-order valence-corrected chi connectivity index (χ0v) is 14.3. The summed E-state index contributed by atoms with van der Waals surface area (Å²) in [6.45, 7) is 1.92. The molecule has 2 aromatic carbocycles. The summed E-state index contributed by atoms with van der Waals surface area (Å²) in [7, 11) is 1.88. The second-order valence-electron chi connectivity index (χ2n) is 5.09. The van der Waals surface area contributed by atoms with Crippen molar-refractivity contribution < 1.29 is 9.53 Å². The van der Waals surface area contributed by atoms with Crippen LogP contribution in [0.4, 0.5) is 0 Å². The van der Waals surface area contributed by atoms with E-state index >= 15 is 0 Å². The van der Waals surface area contributed by atoms with Gasteiger partial charge in [-0.15, -0.1) is 0 Å². The van der Waals surface area contributed by atoms with Gasteiger partial charge in [-0.05, 0) is 30.7 Å². The van der Waals surface area contributed by atoms with E-state index in [9.17, 15) is 4.79 Å². The van der Waals surface area contributed by atoms with Crippen LogP contribution in [0.25, 0.3) is 10.2 Å². The molecule has 0 saturated heterocycles. The number of halogens is 1. The van der Waals surface area contributed by atoms with Crippen molar-refractivity contribution in [1.82, 2.24) is 4.57 Å². The molecule has 3 rings (SSSR count). The molecule has 0 bridgehead atoms. The molecular formula is C17H15ClN2O2S. The van der Waals surface area contributed by atoms with Crippen LogP contribution in [0.15, 0.2) is 47.5 Å². The highest BCUT2D eigenvalue weighted by atomic mass is 35.5. The number of ether oxygens (including phenoxy) is 1. The summed E-state index contributed by atoms with van der Waals surface area (Å²) in [6, 6.07) is 13.0. The average Bonchev–Trinajstić information content (AvgIpc) is 2.88. The fraction of sp³-hybridized carbons (Fsp3) is 0.176. The van der Waals surface area contributed by atoms with Crippen LogP contribution in [0.3, 0.4) is 0 Å². The fourth-order valence-electron chi connectivity index (χ4n) is 2.31. The minimum absolute atomic E-state index is 0.0923. The number of aryl methyl sites for hydroxylation is 2. The Hall–Kier alpha value is -2.11. The molecule has 118 valence electrons. The van der Waals surface area contributed by atoms with E-state index in [4.69, 9.17) is 16.3 Å². The van der Waals surface area contributed by atoms with E-state index in [-0.39, 0.29) is 12.5 Å². The molecule has 0 atom stereocenters. The number of hydrogen-bond acceptors (Lipinski definition) is 3. The third-order valence-electron chi connectivity index (χ3n) is 3.43. The zero-order chi connectivity index (χ0) is 16.4. The molecule has 0 aliphatic heterocycles. The first-order chi connectivity index (χ1) is 11.1. The predicted molar refractivity (Wildman–Crippen MR) is 93.1 cm³/mol. The van der Waals surface area contributed by atoms with Gasteiger partial charge in [0.25, 0.3) is 5.91 Å². The summed E-state index contributed by atoms with van der Waals surface area (Å²) in [5.74, 6) is 0.320. The summed E-state index contributed by atoms with van der Waals surface area (Å²) in [5, 5.41) is 0.667. The van der Waals surface area contributed by atoms with Crippen LogP contribution in [-0.4, -0.2) is 17.1 Å². The van der Waals surface area contributed by atoms with Gasteiger partial charge in [0.05, 0.1) is 15.2 Å². The van der Waals surface area contributed by atoms with Crippen molar-refractivity contribution in [3.05, 3.63) is 57.9 Å². The van der Waals surface area contributed by atoms with E-state index in [1.807, 2.05) is 48.9 Å². The lowest BCUT2D eigenvalue weighted by molar-refractivity contribution is -0.120. The minimum atomic E-state index is -0.329. The standard InChI is InChI=1S/C17H15ClN2O2S/c1-11-8-9-13(18)16-15(11)20(2)17(23-16)19-14(21)10-22-12-6-4-3-5-7-12/h3-9H,10H2,1-2H3. The molecule has 0 aliphatic carbocycles. The van der Waals surface area contributed by atoms with E-state index < -0.39 is 0 Å². The van der Waals surface area contributed by atoms with E-state index in [1.54, 1.807) is 12.1 Å². The van der Waals surface area contributed by atoms with Crippen LogP contribution in [-0.2, 0) is 11.8 Å². The summed E-state index contributed by atoms with van der Waals surface area (Å²) in [6.07, 6.45) is 0. The number of fused-ring (bicyclic) bond motifs is 1. The Labute approximate surface area is 142 Å². The van der Waals surface area contributed by atoms with Gasteiger partial charge in [-0.25, -0.2) is 0 Å². The first-order valence-corrected chi connectivity index (χ1v) is 8.26. The Bertz CT molecular complexity index is 929. The molecule has 0 unspecified atom stereocenters. The predicted octanol–water partition coefficient (Wildman–Crippen LogP) is 3.71. The second-order valence-corrected chi connectivity index (χ2v) is 6.48. The summed E-state index contributed by atoms with van der Waals surface area (Å²) >= 11 is 7.64. The Balaban J connectivity index is 1.89. The van der Waals surface area contributed by atoms with E-state index in [2.05, 4.69) is 4.99 Å². The molecule has 3 aromatic rings. The van der Waals surface area contributed by atoms with E-state index in [1.165, 1.54) is 11.3 Å². The summed E-state index contributed by atoms with van der Waals surface area (Å²) in [4.78, 5) is 16.8. The maximum Gasteiger partial charge on any atom is 0.286 e. The first-order valence-electron chi connectivity index (χ1n) is 7.06. The Kier molecular flexibility index (Phi) is 4.50. The van der Waals surface area contributed by atoms with Gasteiger partial charge in [0.1, 0.15) is 5.75 Å². The SMILES string of the molecule is Cc1ccc(Cl)c2sc(=NC(=O)COc3ccccc3)n(C)c12.